The highest BCUT2D eigenvalue weighted by molar-refractivity contribution is 6.05. The van der Waals surface area contributed by atoms with E-state index in [-0.39, 0.29) is 42.9 Å². The number of nitrogens with zero attached hydrogens (tertiary/aromatic N) is 2. The zero-order valence-corrected chi connectivity index (χ0v) is 24.1. The smallest absolute Gasteiger partial charge is 0.254 e. The average molecular weight is 575 g/mol. The minimum Gasteiger partial charge on any atom is -0.393 e. The highest BCUT2D eigenvalue weighted by Crippen LogP contribution is 2.41. The molecule has 9 heteroatoms. The van der Waals surface area contributed by atoms with Gasteiger partial charge in [0, 0.05) is 17.8 Å². The summed E-state index contributed by atoms with van der Waals surface area (Å²) < 4.78 is 16.1. The van der Waals surface area contributed by atoms with Crippen molar-refractivity contribution in [1.29, 1.82) is 0 Å². The maximum Gasteiger partial charge on any atom is 0.254 e. The molecule has 0 spiro atoms. The Kier molecular flexibility index (Phi) is 10.4. The molecule has 3 atom stereocenters. The first-order valence-electron chi connectivity index (χ1n) is 14.5. The normalized spacial score (nSPS) is 17.6. The van der Waals surface area contributed by atoms with E-state index >= 15 is 0 Å². The summed E-state index contributed by atoms with van der Waals surface area (Å²) in [6, 6.07) is 5.25. The van der Waals surface area contributed by atoms with Gasteiger partial charge in [-0.2, -0.15) is 4.91 Å². The summed E-state index contributed by atoms with van der Waals surface area (Å²) in [6.45, 7) is 4.34. The summed E-state index contributed by atoms with van der Waals surface area (Å²) in [7, 11) is 0. The highest BCUT2D eigenvalue weighted by atomic mass is 19.1. The topological polar surface area (TPSA) is 127 Å². The van der Waals surface area contributed by atoms with Crippen LogP contribution < -0.4 is 11.1 Å². The number of amides is 2. The quantitative estimate of drug-likeness (QED) is 0.257. The van der Waals surface area contributed by atoms with E-state index in [1.807, 2.05) is 48.8 Å². The average Bonchev–Trinajstić information content (AvgIpc) is 3.32. The van der Waals surface area contributed by atoms with Crippen LogP contribution in [0.3, 0.4) is 0 Å². The van der Waals surface area contributed by atoms with Gasteiger partial charge in [0.1, 0.15) is 5.82 Å². The molecule has 0 saturated carbocycles. The molecule has 1 aromatic heterocycles. The Labute approximate surface area is 245 Å². The number of aromatic nitrogens is 1. The van der Waals surface area contributed by atoms with Crippen LogP contribution in [0.25, 0.3) is 16.8 Å². The van der Waals surface area contributed by atoms with Crippen molar-refractivity contribution < 1.29 is 19.1 Å². The summed E-state index contributed by atoms with van der Waals surface area (Å²) >= 11 is 0. The third-order valence-electron chi connectivity index (χ3n) is 7.59. The van der Waals surface area contributed by atoms with E-state index in [9.17, 15) is 24.0 Å². The van der Waals surface area contributed by atoms with Crippen molar-refractivity contribution in [3.63, 3.8) is 0 Å². The zero-order valence-electron chi connectivity index (χ0n) is 24.1. The van der Waals surface area contributed by atoms with Gasteiger partial charge >= 0.3 is 0 Å². The maximum atomic E-state index is 14.2. The van der Waals surface area contributed by atoms with Gasteiger partial charge in [0.15, 0.2) is 0 Å². The largest absolute Gasteiger partial charge is 0.393 e. The van der Waals surface area contributed by atoms with E-state index in [0.29, 0.717) is 18.5 Å². The van der Waals surface area contributed by atoms with Crippen LogP contribution in [0.1, 0.15) is 79.9 Å². The molecule has 1 aromatic carbocycles. The summed E-state index contributed by atoms with van der Waals surface area (Å²) in [5.41, 5.74) is 9.71. The number of aliphatic hydroxyl groups is 1. The molecule has 0 fully saturated rings. The molecule has 2 aliphatic rings. The molecular weight excluding hydrogens is 535 g/mol. The number of carbonyl (C=O) groups is 2. The summed E-state index contributed by atoms with van der Waals surface area (Å²) in [5, 5.41) is 16.7. The van der Waals surface area contributed by atoms with Crippen molar-refractivity contribution in [2.75, 3.05) is 0 Å². The number of rotatable bonds is 13. The Hall–Kier alpha value is -4.11. The number of nitrogens with one attached hydrogen (secondary N) is 1. The first-order valence-corrected chi connectivity index (χ1v) is 14.5. The van der Waals surface area contributed by atoms with Crippen LogP contribution in [-0.4, -0.2) is 39.7 Å². The molecule has 4 rings (SSSR count). The van der Waals surface area contributed by atoms with E-state index in [1.54, 1.807) is 12.1 Å². The summed E-state index contributed by atoms with van der Waals surface area (Å²) in [4.78, 5) is 37.2. The molecule has 42 heavy (non-hydrogen) atoms. The Morgan fingerprint density at radius 2 is 1.93 bits per heavy atom. The van der Waals surface area contributed by atoms with E-state index in [1.165, 1.54) is 12.1 Å². The second-order valence-electron chi connectivity index (χ2n) is 11.2. The zero-order chi connectivity index (χ0) is 30.2. The molecule has 2 amide bonds. The Morgan fingerprint density at radius 3 is 2.52 bits per heavy atom. The van der Waals surface area contributed by atoms with Crippen LogP contribution in [0.5, 0.6) is 0 Å². The molecule has 0 aliphatic heterocycles. The fourth-order valence-electron chi connectivity index (χ4n) is 5.74. The third kappa shape index (κ3) is 7.39. The first kappa shape index (κ1) is 30.8. The maximum absolute atomic E-state index is 14.2. The van der Waals surface area contributed by atoms with E-state index in [0.717, 1.165) is 40.9 Å². The standard InChI is InChI=1S/C33H39FN4O4/c1-21(2)31-30(33(41)36-25-11-7-4-8-12-25)29(22-9-5-3-6-10-22)32(23-13-15-24(34)16-14-23)38(31)18-17-26(37-42)19-27(39)20-28(35)40/h4-5,7-11,13-16,21,25-27,39H,3,6,12,17-20H2,1-2H3,(H2,35,40)(H,36,41). The Balaban J connectivity index is 1.87. The molecule has 0 bridgehead atoms. The number of benzene rings is 1. The van der Waals surface area contributed by atoms with Gasteiger partial charge in [0.25, 0.3) is 5.91 Å². The van der Waals surface area contributed by atoms with Gasteiger partial charge in [-0.1, -0.05) is 61.6 Å². The molecule has 1 heterocycles. The molecule has 3 unspecified atom stereocenters. The lowest BCUT2D eigenvalue weighted by molar-refractivity contribution is -0.120. The molecule has 2 aromatic rings. The third-order valence-corrected chi connectivity index (χ3v) is 7.59. The Bertz CT molecular complexity index is 1420. The molecular formula is C33H39FN4O4. The number of nitrogens with two attached hydrogens (primary N) is 1. The molecule has 222 valence electrons. The van der Waals surface area contributed by atoms with Crippen LogP contribution in [0.4, 0.5) is 4.39 Å². The van der Waals surface area contributed by atoms with Crippen LogP contribution in [0.15, 0.2) is 72.0 Å². The number of primary amides is 1. The fourth-order valence-corrected chi connectivity index (χ4v) is 5.74. The SMILES string of the molecule is CC(C)c1c(C(=O)NC2C=CC=CC2)c(C2=CCCC=C2)c(-c2ccc(F)cc2)n1CCC(CC(O)CC(N)=O)N=O. The number of halogens is 1. The number of nitroso groups, excluding NO2 is 1. The lowest BCUT2D eigenvalue weighted by atomic mass is 9.91. The van der Waals surface area contributed by atoms with Crippen molar-refractivity contribution in [3.05, 3.63) is 94.3 Å². The number of aliphatic hydroxyl groups excluding tert-OH is 1. The highest BCUT2D eigenvalue weighted by Gasteiger charge is 2.32. The second kappa shape index (κ2) is 14.2. The van der Waals surface area contributed by atoms with Gasteiger partial charge < -0.3 is 20.7 Å². The van der Waals surface area contributed by atoms with Gasteiger partial charge in [0.2, 0.25) is 5.91 Å². The van der Waals surface area contributed by atoms with Crippen LogP contribution >= 0.6 is 0 Å². The van der Waals surface area contributed by atoms with Crippen molar-refractivity contribution in [1.82, 2.24) is 9.88 Å². The van der Waals surface area contributed by atoms with Gasteiger partial charge in [-0.3, -0.25) is 9.59 Å². The first-order chi connectivity index (χ1) is 20.2. The Morgan fingerprint density at radius 1 is 1.17 bits per heavy atom. The van der Waals surface area contributed by atoms with Crippen LogP contribution in [-0.2, 0) is 11.3 Å². The van der Waals surface area contributed by atoms with Crippen molar-refractivity contribution in [3.8, 4) is 11.3 Å². The molecule has 8 nitrogen and oxygen atoms in total. The number of hydrogen-bond donors (Lipinski definition) is 3. The van der Waals surface area contributed by atoms with Crippen LogP contribution in [0, 0.1) is 10.7 Å². The van der Waals surface area contributed by atoms with Crippen LogP contribution in [0.2, 0.25) is 0 Å². The van der Waals surface area contributed by atoms with E-state index in [4.69, 9.17) is 5.73 Å². The lowest BCUT2D eigenvalue weighted by Crippen LogP contribution is -2.34. The fraction of sp³-hybridized carbons (Fsp3) is 0.394. The number of hydrogen-bond acceptors (Lipinski definition) is 5. The summed E-state index contributed by atoms with van der Waals surface area (Å²) in [5.74, 6) is -1.32. The second-order valence-corrected chi connectivity index (χ2v) is 11.2. The predicted molar refractivity (Wildman–Crippen MR) is 163 cm³/mol. The van der Waals surface area contributed by atoms with Crippen molar-refractivity contribution >= 4 is 17.4 Å². The number of allylic oxidation sites excluding steroid dienone is 6. The van der Waals surface area contributed by atoms with Gasteiger partial charge in [-0.15, -0.1) is 0 Å². The van der Waals surface area contributed by atoms with Crippen molar-refractivity contribution in [2.45, 2.75) is 83.0 Å². The van der Waals surface area contributed by atoms with Gasteiger partial charge in [0.05, 0.1) is 35.9 Å². The summed E-state index contributed by atoms with van der Waals surface area (Å²) in [6.07, 6.45) is 15.4. The monoisotopic (exact) mass is 574 g/mol. The minimum atomic E-state index is -1.08. The molecule has 0 saturated heterocycles. The molecule has 4 N–H and O–H groups in total. The molecule has 0 radical (unpaired) electrons. The van der Waals surface area contributed by atoms with Gasteiger partial charge in [-0.05, 0) is 73.4 Å². The van der Waals surface area contributed by atoms with E-state index in [2.05, 4.69) is 22.6 Å². The predicted octanol–water partition coefficient (Wildman–Crippen LogP) is 5.92. The lowest BCUT2D eigenvalue weighted by Gasteiger charge is -2.20. The van der Waals surface area contributed by atoms with E-state index < -0.39 is 18.1 Å². The van der Waals surface area contributed by atoms with Crippen molar-refractivity contribution in [2.24, 2.45) is 10.9 Å². The molecule has 2 aliphatic carbocycles. The number of carbonyl (C=O) groups excluding carboxylic acids is 2. The van der Waals surface area contributed by atoms with Gasteiger partial charge in [-0.25, -0.2) is 4.39 Å². The minimum absolute atomic E-state index is 0.00771.